The Hall–Kier alpha value is -2.09. The Bertz CT molecular complexity index is 725. The predicted octanol–water partition coefficient (Wildman–Crippen LogP) is 0.877. The molecule has 1 aliphatic heterocycles. The van der Waals surface area contributed by atoms with Crippen molar-refractivity contribution < 1.29 is 18.0 Å². The van der Waals surface area contributed by atoms with E-state index in [0.717, 1.165) is 18.2 Å². The van der Waals surface area contributed by atoms with Crippen LogP contribution in [0.3, 0.4) is 0 Å². The van der Waals surface area contributed by atoms with Crippen molar-refractivity contribution in [2.45, 2.75) is 19.8 Å². The van der Waals surface area contributed by atoms with Gasteiger partial charge in [0.25, 0.3) is 0 Å². The van der Waals surface area contributed by atoms with E-state index in [0.29, 0.717) is 31.9 Å². The molecule has 25 heavy (non-hydrogen) atoms. The van der Waals surface area contributed by atoms with Gasteiger partial charge in [-0.15, -0.1) is 0 Å². The van der Waals surface area contributed by atoms with Gasteiger partial charge in [-0.05, 0) is 17.5 Å². The number of para-hydroxylation sites is 1. The molecule has 1 saturated heterocycles. The fourth-order valence-electron chi connectivity index (χ4n) is 2.88. The van der Waals surface area contributed by atoms with E-state index in [1.54, 1.807) is 21.9 Å². The van der Waals surface area contributed by atoms with Crippen molar-refractivity contribution in [2.24, 2.45) is 0 Å². The Kier molecular flexibility index (Phi) is 6.05. The van der Waals surface area contributed by atoms with E-state index in [-0.39, 0.29) is 18.4 Å². The van der Waals surface area contributed by atoms with Gasteiger partial charge in [0, 0.05) is 26.2 Å². The van der Waals surface area contributed by atoms with Gasteiger partial charge < -0.3 is 9.80 Å². The summed E-state index contributed by atoms with van der Waals surface area (Å²) in [5.41, 5.74) is 1.42. The molecule has 0 aliphatic carbocycles. The van der Waals surface area contributed by atoms with Crippen molar-refractivity contribution in [2.75, 3.05) is 43.3 Å². The number of hydrogen-bond acceptors (Lipinski definition) is 4. The minimum atomic E-state index is -3.60. The van der Waals surface area contributed by atoms with E-state index in [4.69, 9.17) is 0 Å². The van der Waals surface area contributed by atoms with Crippen molar-refractivity contribution in [3.63, 3.8) is 0 Å². The number of amides is 2. The number of rotatable bonds is 6. The Morgan fingerprint density at radius 3 is 2.32 bits per heavy atom. The molecule has 1 heterocycles. The Labute approximate surface area is 149 Å². The van der Waals surface area contributed by atoms with Crippen molar-refractivity contribution in [3.05, 3.63) is 29.8 Å². The maximum Gasteiger partial charge on any atom is 0.243 e. The summed E-state index contributed by atoms with van der Waals surface area (Å²) in [6.45, 7) is 5.51. The summed E-state index contributed by atoms with van der Waals surface area (Å²) in [5, 5.41) is 0. The third-order valence-electron chi connectivity index (χ3n) is 4.32. The van der Waals surface area contributed by atoms with Crippen LogP contribution in [-0.2, 0) is 19.6 Å². The van der Waals surface area contributed by atoms with Gasteiger partial charge in [-0.2, -0.15) is 0 Å². The van der Waals surface area contributed by atoms with Crippen LogP contribution in [0.4, 0.5) is 5.69 Å². The van der Waals surface area contributed by atoms with Crippen LogP contribution < -0.4 is 4.31 Å². The van der Waals surface area contributed by atoms with E-state index >= 15 is 0 Å². The fourth-order valence-corrected chi connectivity index (χ4v) is 3.75. The highest BCUT2D eigenvalue weighted by molar-refractivity contribution is 7.92. The molecule has 0 bridgehead atoms. The zero-order chi connectivity index (χ0) is 18.6. The van der Waals surface area contributed by atoms with Gasteiger partial charge in [-0.1, -0.05) is 32.0 Å². The zero-order valence-corrected chi connectivity index (χ0v) is 15.7. The van der Waals surface area contributed by atoms with Crippen LogP contribution in [-0.4, -0.2) is 69.5 Å². The molecule has 1 aromatic rings. The lowest BCUT2D eigenvalue weighted by molar-refractivity contribution is -0.133. The Morgan fingerprint density at radius 1 is 1.20 bits per heavy atom. The minimum absolute atomic E-state index is 0.131. The van der Waals surface area contributed by atoms with Crippen LogP contribution in [0, 0.1) is 0 Å². The molecule has 2 amide bonds. The van der Waals surface area contributed by atoms with Gasteiger partial charge in [0.15, 0.2) is 0 Å². The maximum absolute atomic E-state index is 12.6. The molecule has 0 atom stereocenters. The van der Waals surface area contributed by atoms with E-state index < -0.39 is 10.0 Å². The molecule has 0 spiro atoms. The molecule has 2 rings (SSSR count). The van der Waals surface area contributed by atoms with E-state index in [1.807, 2.05) is 26.0 Å². The second kappa shape index (κ2) is 7.86. The first kappa shape index (κ1) is 19.2. The van der Waals surface area contributed by atoms with Crippen LogP contribution in [0.15, 0.2) is 24.3 Å². The van der Waals surface area contributed by atoms with Crippen LogP contribution in [0.1, 0.15) is 25.3 Å². The van der Waals surface area contributed by atoms with E-state index in [2.05, 4.69) is 0 Å². The molecular weight excluding hydrogens is 342 g/mol. The smallest absolute Gasteiger partial charge is 0.243 e. The van der Waals surface area contributed by atoms with Crippen molar-refractivity contribution in [1.82, 2.24) is 9.80 Å². The average Bonchev–Trinajstić information content (AvgIpc) is 2.58. The first-order chi connectivity index (χ1) is 11.7. The number of anilines is 1. The molecule has 7 nitrogen and oxygen atoms in total. The van der Waals surface area contributed by atoms with Crippen molar-refractivity contribution >= 4 is 28.0 Å². The highest BCUT2D eigenvalue weighted by atomic mass is 32.2. The van der Waals surface area contributed by atoms with Crippen molar-refractivity contribution in [3.8, 4) is 0 Å². The maximum atomic E-state index is 12.6. The van der Waals surface area contributed by atoms with Gasteiger partial charge in [0.1, 0.15) is 6.54 Å². The molecule has 1 aromatic carbocycles. The third-order valence-corrected chi connectivity index (χ3v) is 5.45. The van der Waals surface area contributed by atoms with E-state index in [9.17, 15) is 18.0 Å². The summed E-state index contributed by atoms with van der Waals surface area (Å²) in [6.07, 6.45) is 1.88. The van der Waals surface area contributed by atoms with Crippen LogP contribution in [0.5, 0.6) is 0 Å². The topological polar surface area (TPSA) is 78.0 Å². The van der Waals surface area contributed by atoms with Crippen LogP contribution >= 0.6 is 0 Å². The van der Waals surface area contributed by atoms with Gasteiger partial charge >= 0.3 is 0 Å². The summed E-state index contributed by atoms with van der Waals surface area (Å²) < 4.78 is 25.8. The number of piperazine rings is 1. The fraction of sp³-hybridized carbons (Fsp3) is 0.529. The Morgan fingerprint density at radius 2 is 1.80 bits per heavy atom. The first-order valence-electron chi connectivity index (χ1n) is 8.27. The monoisotopic (exact) mass is 367 g/mol. The van der Waals surface area contributed by atoms with Crippen LogP contribution in [0.25, 0.3) is 0 Å². The van der Waals surface area contributed by atoms with Gasteiger partial charge in [-0.25, -0.2) is 8.42 Å². The lowest BCUT2D eigenvalue weighted by Gasteiger charge is -2.34. The summed E-state index contributed by atoms with van der Waals surface area (Å²) in [7, 11) is -3.60. The highest BCUT2D eigenvalue weighted by Crippen LogP contribution is 2.29. The van der Waals surface area contributed by atoms with E-state index in [1.165, 1.54) is 4.31 Å². The standard InChI is InChI=1S/C17H25N3O4S/c1-14(2)15-6-4-5-7-16(15)20(25(3,23)24)12-17(22)19-10-8-18(13-21)9-11-19/h4-7,13-14H,8-12H2,1-3H3. The SMILES string of the molecule is CC(C)c1ccccc1N(CC(=O)N1CCN(C=O)CC1)S(C)(=O)=O. The second-order valence-electron chi connectivity index (χ2n) is 6.51. The lowest BCUT2D eigenvalue weighted by Crippen LogP contribution is -2.51. The number of carbonyl (C=O) groups excluding carboxylic acids is 2. The summed E-state index contributed by atoms with van der Waals surface area (Å²) in [4.78, 5) is 26.6. The zero-order valence-electron chi connectivity index (χ0n) is 14.9. The molecule has 0 N–H and O–H groups in total. The molecule has 0 radical (unpaired) electrons. The lowest BCUT2D eigenvalue weighted by atomic mass is 10.0. The largest absolute Gasteiger partial charge is 0.342 e. The number of carbonyl (C=O) groups is 2. The van der Waals surface area contributed by atoms with Gasteiger partial charge in [-0.3, -0.25) is 13.9 Å². The molecule has 0 saturated carbocycles. The third kappa shape index (κ3) is 4.72. The first-order valence-corrected chi connectivity index (χ1v) is 10.1. The molecule has 138 valence electrons. The molecule has 1 fully saturated rings. The van der Waals surface area contributed by atoms with Crippen LogP contribution in [0.2, 0.25) is 0 Å². The minimum Gasteiger partial charge on any atom is -0.342 e. The number of benzene rings is 1. The quantitative estimate of drug-likeness (QED) is 0.699. The molecule has 1 aliphatic rings. The molecular formula is C17H25N3O4S. The summed E-state index contributed by atoms with van der Waals surface area (Å²) >= 11 is 0. The molecule has 0 aromatic heterocycles. The number of hydrogen-bond donors (Lipinski definition) is 0. The normalized spacial score (nSPS) is 15.4. The molecule has 8 heteroatoms. The Balaban J connectivity index is 2.23. The molecule has 0 unspecified atom stereocenters. The number of nitrogens with zero attached hydrogens (tertiary/aromatic N) is 3. The predicted molar refractivity (Wildman–Crippen MR) is 96.9 cm³/mol. The van der Waals surface area contributed by atoms with Gasteiger partial charge in [0.05, 0.1) is 11.9 Å². The highest BCUT2D eigenvalue weighted by Gasteiger charge is 2.27. The average molecular weight is 367 g/mol. The summed E-state index contributed by atoms with van der Waals surface area (Å²) in [6, 6.07) is 7.24. The van der Waals surface area contributed by atoms with Gasteiger partial charge in [0.2, 0.25) is 22.3 Å². The van der Waals surface area contributed by atoms with Crippen molar-refractivity contribution in [1.29, 1.82) is 0 Å². The second-order valence-corrected chi connectivity index (χ2v) is 8.41. The summed E-state index contributed by atoms with van der Waals surface area (Å²) in [5.74, 6) is -0.124. The number of sulfonamides is 1.